The van der Waals surface area contributed by atoms with Gasteiger partial charge < -0.3 is 19.6 Å². The number of hydrogen-bond donors (Lipinski definition) is 2. The van der Waals surface area contributed by atoms with E-state index in [1.807, 2.05) is 13.0 Å². The Balaban J connectivity index is 1.79. The number of amides is 1. The second-order valence-electron chi connectivity index (χ2n) is 7.68. The zero-order valence-corrected chi connectivity index (χ0v) is 17.0. The van der Waals surface area contributed by atoms with Crippen molar-refractivity contribution in [3.8, 4) is 5.75 Å². The first-order valence-corrected chi connectivity index (χ1v) is 10.1. The van der Waals surface area contributed by atoms with E-state index < -0.39 is 17.9 Å². The standard InChI is InChI=1S/C22H27NO6/c1-4-12(2)19(21(25)26)23-18(24)11-28-17-10-9-15-14-7-5-6-8-16(14)22(27)29-20(15)13(17)3/h9-10,12,19H,4-8,11H2,1-3H3,(H,23,24)(H,25,26)/t12-,19-/m0/s1. The van der Waals surface area contributed by atoms with Gasteiger partial charge in [0.05, 0.1) is 0 Å². The maximum atomic E-state index is 12.4. The number of hydrogen-bond acceptors (Lipinski definition) is 5. The molecule has 156 valence electrons. The fourth-order valence-corrected chi connectivity index (χ4v) is 3.82. The molecule has 3 rings (SSSR count). The molecule has 0 radical (unpaired) electrons. The number of ether oxygens (including phenoxy) is 1. The van der Waals surface area contributed by atoms with Crippen molar-refractivity contribution in [1.29, 1.82) is 0 Å². The number of rotatable bonds is 7. The lowest BCUT2D eigenvalue weighted by Gasteiger charge is -2.20. The zero-order valence-electron chi connectivity index (χ0n) is 17.0. The number of carbonyl (C=O) groups is 2. The Bertz CT molecular complexity index is 993. The first-order chi connectivity index (χ1) is 13.8. The first-order valence-electron chi connectivity index (χ1n) is 10.1. The molecule has 2 aromatic rings. The Morgan fingerprint density at radius 1 is 1.24 bits per heavy atom. The first kappa shape index (κ1) is 20.9. The summed E-state index contributed by atoms with van der Waals surface area (Å²) < 4.78 is 11.2. The molecule has 0 unspecified atom stereocenters. The predicted octanol–water partition coefficient (Wildman–Crippen LogP) is 2.97. The third-order valence-corrected chi connectivity index (χ3v) is 5.74. The number of aryl methyl sites for hydroxylation is 2. The summed E-state index contributed by atoms with van der Waals surface area (Å²) in [6.07, 6.45) is 4.26. The van der Waals surface area contributed by atoms with E-state index in [1.54, 1.807) is 19.9 Å². The molecule has 0 saturated heterocycles. The molecule has 1 aliphatic carbocycles. The molecule has 0 bridgehead atoms. The maximum Gasteiger partial charge on any atom is 0.339 e. The highest BCUT2D eigenvalue weighted by molar-refractivity contribution is 5.87. The molecule has 2 N–H and O–H groups in total. The molecule has 7 heteroatoms. The van der Waals surface area contributed by atoms with Gasteiger partial charge in [0.25, 0.3) is 5.91 Å². The van der Waals surface area contributed by atoms with Gasteiger partial charge in [-0.15, -0.1) is 0 Å². The van der Waals surface area contributed by atoms with Gasteiger partial charge in [0, 0.05) is 16.5 Å². The molecule has 1 heterocycles. The van der Waals surface area contributed by atoms with Crippen LogP contribution in [0.15, 0.2) is 21.3 Å². The van der Waals surface area contributed by atoms with Gasteiger partial charge in [-0.1, -0.05) is 20.3 Å². The molecule has 1 aliphatic rings. The molecule has 0 spiro atoms. The number of nitrogens with one attached hydrogen (secondary N) is 1. The van der Waals surface area contributed by atoms with E-state index in [0.717, 1.165) is 42.2 Å². The van der Waals surface area contributed by atoms with E-state index in [1.165, 1.54) is 0 Å². The molecule has 0 aliphatic heterocycles. The van der Waals surface area contributed by atoms with Crippen LogP contribution in [0.3, 0.4) is 0 Å². The van der Waals surface area contributed by atoms with E-state index >= 15 is 0 Å². The van der Waals surface area contributed by atoms with Crippen LogP contribution in [0.2, 0.25) is 0 Å². The van der Waals surface area contributed by atoms with Crippen molar-refractivity contribution in [1.82, 2.24) is 5.32 Å². The van der Waals surface area contributed by atoms with Crippen molar-refractivity contribution in [3.63, 3.8) is 0 Å². The van der Waals surface area contributed by atoms with Crippen molar-refractivity contribution >= 4 is 22.8 Å². The normalized spacial score (nSPS) is 15.4. The van der Waals surface area contributed by atoms with Crippen molar-refractivity contribution in [2.45, 2.75) is 58.9 Å². The van der Waals surface area contributed by atoms with Crippen LogP contribution in [-0.4, -0.2) is 29.6 Å². The summed E-state index contributed by atoms with van der Waals surface area (Å²) in [6, 6.07) is 2.67. The van der Waals surface area contributed by atoms with Crippen LogP contribution >= 0.6 is 0 Å². The van der Waals surface area contributed by atoms with Crippen LogP contribution < -0.4 is 15.7 Å². The lowest BCUT2D eigenvalue weighted by Crippen LogP contribution is -2.46. The monoisotopic (exact) mass is 401 g/mol. The Kier molecular flexibility index (Phi) is 6.25. The number of carboxylic acid groups (broad SMARTS) is 1. The van der Waals surface area contributed by atoms with Gasteiger partial charge in [-0.3, -0.25) is 4.79 Å². The number of carbonyl (C=O) groups excluding carboxylic acids is 1. The third-order valence-electron chi connectivity index (χ3n) is 5.74. The van der Waals surface area contributed by atoms with Gasteiger partial charge >= 0.3 is 11.6 Å². The minimum absolute atomic E-state index is 0.195. The van der Waals surface area contributed by atoms with E-state index in [-0.39, 0.29) is 18.2 Å². The lowest BCUT2D eigenvalue weighted by molar-refractivity contribution is -0.143. The van der Waals surface area contributed by atoms with E-state index in [4.69, 9.17) is 9.15 Å². The van der Waals surface area contributed by atoms with Crippen LogP contribution in [0.25, 0.3) is 11.0 Å². The average Bonchev–Trinajstić information content (AvgIpc) is 2.71. The molecule has 1 amide bonds. The topological polar surface area (TPSA) is 106 Å². The molecule has 7 nitrogen and oxygen atoms in total. The summed E-state index contributed by atoms with van der Waals surface area (Å²) in [4.78, 5) is 35.9. The van der Waals surface area contributed by atoms with Gasteiger partial charge in [0.15, 0.2) is 6.61 Å². The summed E-state index contributed by atoms with van der Waals surface area (Å²) in [5.41, 5.74) is 2.64. The number of benzene rings is 1. The molecule has 2 atom stereocenters. The summed E-state index contributed by atoms with van der Waals surface area (Å²) >= 11 is 0. The van der Waals surface area contributed by atoms with Crippen molar-refractivity contribution in [3.05, 3.63) is 39.2 Å². The minimum atomic E-state index is -1.07. The van der Waals surface area contributed by atoms with E-state index in [0.29, 0.717) is 23.3 Å². The molecular formula is C22H27NO6. The molecule has 1 aromatic heterocycles. The van der Waals surface area contributed by atoms with E-state index in [9.17, 15) is 19.5 Å². The van der Waals surface area contributed by atoms with Gasteiger partial charge in [0.2, 0.25) is 0 Å². The molecule has 29 heavy (non-hydrogen) atoms. The molecule has 0 fully saturated rings. The Morgan fingerprint density at radius 2 is 1.93 bits per heavy atom. The number of aliphatic carboxylic acids is 1. The number of fused-ring (bicyclic) bond motifs is 3. The summed E-state index contributed by atoms with van der Waals surface area (Å²) in [6.45, 7) is 5.11. The van der Waals surface area contributed by atoms with Crippen LogP contribution in [-0.2, 0) is 22.4 Å². The lowest BCUT2D eigenvalue weighted by atomic mass is 9.90. The van der Waals surface area contributed by atoms with Crippen LogP contribution in [0.5, 0.6) is 5.75 Å². The van der Waals surface area contributed by atoms with Crippen LogP contribution in [0.4, 0.5) is 0 Å². The molecule has 0 saturated carbocycles. The fourth-order valence-electron chi connectivity index (χ4n) is 3.82. The zero-order chi connectivity index (χ0) is 21.1. The average molecular weight is 401 g/mol. The van der Waals surface area contributed by atoms with Crippen LogP contribution in [0, 0.1) is 12.8 Å². The minimum Gasteiger partial charge on any atom is -0.483 e. The predicted molar refractivity (Wildman–Crippen MR) is 108 cm³/mol. The van der Waals surface area contributed by atoms with Crippen molar-refractivity contribution in [2.24, 2.45) is 5.92 Å². The Morgan fingerprint density at radius 3 is 2.59 bits per heavy atom. The van der Waals surface area contributed by atoms with Gasteiger partial charge in [-0.05, 0) is 56.2 Å². The second kappa shape index (κ2) is 8.68. The highest BCUT2D eigenvalue weighted by Crippen LogP contribution is 2.32. The highest BCUT2D eigenvalue weighted by atomic mass is 16.5. The smallest absolute Gasteiger partial charge is 0.339 e. The Labute approximate surface area is 169 Å². The SMILES string of the molecule is CC[C@H](C)[C@H](NC(=O)COc1ccc2c3c(c(=O)oc2c1C)CCCC3)C(=O)O. The van der Waals surface area contributed by atoms with Gasteiger partial charge in [0.1, 0.15) is 17.4 Å². The quantitative estimate of drug-likeness (QED) is 0.691. The van der Waals surface area contributed by atoms with Crippen molar-refractivity contribution < 1.29 is 23.8 Å². The third kappa shape index (κ3) is 4.28. The molecular weight excluding hydrogens is 374 g/mol. The van der Waals surface area contributed by atoms with E-state index in [2.05, 4.69) is 5.32 Å². The van der Waals surface area contributed by atoms with Gasteiger partial charge in [-0.2, -0.15) is 0 Å². The second-order valence-corrected chi connectivity index (χ2v) is 7.68. The maximum absolute atomic E-state index is 12.4. The highest BCUT2D eigenvalue weighted by Gasteiger charge is 2.25. The van der Waals surface area contributed by atoms with Crippen LogP contribution in [0.1, 0.15) is 49.8 Å². The summed E-state index contributed by atoms with van der Waals surface area (Å²) in [5.74, 6) is -1.34. The summed E-state index contributed by atoms with van der Waals surface area (Å²) in [5, 5.41) is 12.7. The number of carboxylic acids is 1. The Hall–Kier alpha value is -2.83. The van der Waals surface area contributed by atoms with Crippen molar-refractivity contribution in [2.75, 3.05) is 6.61 Å². The summed E-state index contributed by atoms with van der Waals surface area (Å²) in [7, 11) is 0. The largest absolute Gasteiger partial charge is 0.483 e. The molecule has 1 aromatic carbocycles. The van der Waals surface area contributed by atoms with Gasteiger partial charge in [-0.25, -0.2) is 9.59 Å². The fraction of sp³-hybridized carbons (Fsp3) is 0.500.